The Morgan fingerprint density at radius 1 is 1.28 bits per heavy atom. The Morgan fingerprint density at radius 3 is 2.44 bits per heavy atom. The van der Waals surface area contributed by atoms with Crippen LogP contribution >= 0.6 is 0 Å². The number of ether oxygens (including phenoxy) is 1. The molecule has 0 bridgehead atoms. The number of carboxylic acid groups (broad SMARTS) is 1. The van der Waals surface area contributed by atoms with Crippen molar-refractivity contribution in [3.63, 3.8) is 0 Å². The van der Waals surface area contributed by atoms with Crippen molar-refractivity contribution in [1.29, 1.82) is 0 Å². The molecule has 1 aliphatic rings. The minimum Gasteiger partial charge on any atom is -0.481 e. The van der Waals surface area contributed by atoms with E-state index in [4.69, 9.17) is 4.74 Å². The Bertz CT molecular complexity index is 442. The molecule has 0 aliphatic carbocycles. The van der Waals surface area contributed by atoms with Gasteiger partial charge in [0, 0.05) is 6.61 Å². The van der Waals surface area contributed by atoms with Gasteiger partial charge in [-0.1, -0.05) is 17.7 Å². The van der Waals surface area contributed by atoms with Crippen LogP contribution < -0.4 is 0 Å². The summed E-state index contributed by atoms with van der Waals surface area (Å²) in [5, 5.41) is 9.33. The zero-order chi connectivity index (χ0) is 13.3. The van der Waals surface area contributed by atoms with E-state index >= 15 is 0 Å². The average Bonchev–Trinajstić information content (AvgIpc) is 2.28. The standard InChI is InChI=1S/C15H20O3/c1-9-7-10(2)13(11(3)8-9)14-12(15(16)17)5-4-6-18-14/h7-8,12,14H,4-6H2,1-3H3,(H,16,17). The molecule has 0 spiro atoms. The molecule has 1 saturated heterocycles. The second-order valence-electron chi connectivity index (χ2n) is 5.19. The van der Waals surface area contributed by atoms with Crippen molar-refractivity contribution in [2.24, 2.45) is 5.92 Å². The fourth-order valence-corrected chi connectivity index (χ4v) is 2.96. The maximum Gasteiger partial charge on any atom is 0.309 e. The number of aliphatic carboxylic acids is 1. The Labute approximate surface area is 108 Å². The van der Waals surface area contributed by atoms with Gasteiger partial charge < -0.3 is 9.84 Å². The highest BCUT2D eigenvalue weighted by atomic mass is 16.5. The van der Waals surface area contributed by atoms with E-state index in [0.29, 0.717) is 13.0 Å². The first kappa shape index (κ1) is 13.1. The van der Waals surface area contributed by atoms with Gasteiger partial charge in [0.1, 0.15) is 0 Å². The van der Waals surface area contributed by atoms with Crippen LogP contribution in [0.3, 0.4) is 0 Å². The van der Waals surface area contributed by atoms with E-state index in [2.05, 4.69) is 19.1 Å². The quantitative estimate of drug-likeness (QED) is 0.874. The first-order chi connectivity index (χ1) is 8.50. The third-order valence-corrected chi connectivity index (χ3v) is 3.66. The number of carbonyl (C=O) groups is 1. The lowest BCUT2D eigenvalue weighted by Gasteiger charge is -2.31. The number of hydrogen-bond donors (Lipinski definition) is 1. The van der Waals surface area contributed by atoms with Crippen LogP contribution in [0.15, 0.2) is 12.1 Å². The lowest BCUT2D eigenvalue weighted by Crippen LogP contribution is -2.29. The molecule has 1 aromatic carbocycles. The van der Waals surface area contributed by atoms with Crippen LogP contribution in [0.5, 0.6) is 0 Å². The number of rotatable bonds is 2. The van der Waals surface area contributed by atoms with Crippen LogP contribution in [0.2, 0.25) is 0 Å². The maximum atomic E-state index is 11.3. The molecule has 1 heterocycles. The van der Waals surface area contributed by atoms with Crippen molar-refractivity contribution in [2.75, 3.05) is 6.61 Å². The van der Waals surface area contributed by atoms with E-state index in [0.717, 1.165) is 23.1 Å². The average molecular weight is 248 g/mol. The summed E-state index contributed by atoms with van der Waals surface area (Å²) >= 11 is 0. The van der Waals surface area contributed by atoms with Gasteiger partial charge in [-0.2, -0.15) is 0 Å². The molecule has 1 N–H and O–H groups in total. The summed E-state index contributed by atoms with van der Waals surface area (Å²) in [7, 11) is 0. The molecule has 18 heavy (non-hydrogen) atoms. The van der Waals surface area contributed by atoms with Crippen LogP contribution in [-0.2, 0) is 9.53 Å². The second kappa shape index (κ2) is 5.11. The molecule has 3 nitrogen and oxygen atoms in total. The Kier molecular flexibility index (Phi) is 3.71. The maximum absolute atomic E-state index is 11.3. The fourth-order valence-electron chi connectivity index (χ4n) is 2.96. The molecule has 2 unspecified atom stereocenters. The summed E-state index contributed by atoms with van der Waals surface area (Å²) in [6.45, 7) is 6.78. The molecule has 1 aliphatic heterocycles. The van der Waals surface area contributed by atoms with E-state index in [-0.39, 0.29) is 6.10 Å². The number of aryl methyl sites for hydroxylation is 3. The fraction of sp³-hybridized carbons (Fsp3) is 0.533. The molecule has 3 heteroatoms. The predicted octanol–water partition coefficient (Wildman–Crippen LogP) is 3.16. The molecule has 1 fully saturated rings. The normalized spacial score (nSPS) is 23.9. The predicted molar refractivity (Wildman–Crippen MR) is 69.7 cm³/mol. The summed E-state index contributed by atoms with van der Waals surface area (Å²) in [5.41, 5.74) is 4.53. The zero-order valence-corrected chi connectivity index (χ0v) is 11.2. The molecule has 1 aromatic rings. The van der Waals surface area contributed by atoms with Crippen LogP contribution in [0.25, 0.3) is 0 Å². The van der Waals surface area contributed by atoms with Gasteiger partial charge in [-0.05, 0) is 50.3 Å². The van der Waals surface area contributed by atoms with E-state index in [9.17, 15) is 9.90 Å². The van der Waals surface area contributed by atoms with Gasteiger partial charge in [0.2, 0.25) is 0 Å². The Hall–Kier alpha value is -1.35. The van der Waals surface area contributed by atoms with Gasteiger partial charge in [0.25, 0.3) is 0 Å². The highest BCUT2D eigenvalue weighted by Gasteiger charge is 2.34. The van der Waals surface area contributed by atoms with Crippen molar-refractivity contribution in [2.45, 2.75) is 39.7 Å². The van der Waals surface area contributed by atoms with Crippen LogP contribution in [0.1, 0.15) is 41.2 Å². The smallest absolute Gasteiger partial charge is 0.309 e. The van der Waals surface area contributed by atoms with Crippen molar-refractivity contribution < 1.29 is 14.6 Å². The third-order valence-electron chi connectivity index (χ3n) is 3.66. The zero-order valence-electron chi connectivity index (χ0n) is 11.2. The molecular formula is C15H20O3. The third kappa shape index (κ3) is 2.41. The summed E-state index contributed by atoms with van der Waals surface area (Å²) < 4.78 is 5.76. The lowest BCUT2D eigenvalue weighted by molar-refractivity contribution is -0.152. The first-order valence-electron chi connectivity index (χ1n) is 6.43. The molecule has 0 radical (unpaired) electrons. The molecule has 0 amide bonds. The summed E-state index contributed by atoms with van der Waals surface area (Å²) in [4.78, 5) is 11.3. The van der Waals surface area contributed by atoms with E-state index in [1.807, 2.05) is 13.8 Å². The summed E-state index contributed by atoms with van der Waals surface area (Å²) in [5.74, 6) is -1.17. The van der Waals surface area contributed by atoms with E-state index in [1.54, 1.807) is 0 Å². The number of hydrogen-bond acceptors (Lipinski definition) is 2. The SMILES string of the molecule is Cc1cc(C)c(C2OCCCC2C(=O)O)c(C)c1. The monoisotopic (exact) mass is 248 g/mol. The van der Waals surface area contributed by atoms with E-state index < -0.39 is 11.9 Å². The van der Waals surface area contributed by atoms with Gasteiger partial charge in [0.15, 0.2) is 0 Å². The lowest BCUT2D eigenvalue weighted by atomic mass is 9.85. The second-order valence-corrected chi connectivity index (χ2v) is 5.19. The molecule has 0 saturated carbocycles. The molecule has 2 atom stereocenters. The molecule has 98 valence electrons. The van der Waals surface area contributed by atoms with Crippen molar-refractivity contribution in [1.82, 2.24) is 0 Å². The van der Waals surface area contributed by atoms with Crippen LogP contribution in [0, 0.1) is 26.7 Å². The van der Waals surface area contributed by atoms with Crippen LogP contribution in [0.4, 0.5) is 0 Å². The van der Waals surface area contributed by atoms with Gasteiger partial charge in [-0.25, -0.2) is 0 Å². The Balaban J connectivity index is 2.43. The number of carboxylic acids is 1. The first-order valence-corrected chi connectivity index (χ1v) is 6.43. The summed E-state index contributed by atoms with van der Waals surface area (Å²) in [6, 6.07) is 4.19. The minimum absolute atomic E-state index is 0.295. The van der Waals surface area contributed by atoms with Gasteiger partial charge in [0.05, 0.1) is 12.0 Å². The molecule has 0 aromatic heterocycles. The number of benzene rings is 1. The highest BCUT2D eigenvalue weighted by Crippen LogP contribution is 2.37. The van der Waals surface area contributed by atoms with E-state index in [1.165, 1.54) is 5.56 Å². The molecule has 2 rings (SSSR count). The van der Waals surface area contributed by atoms with Crippen molar-refractivity contribution in [3.05, 3.63) is 34.4 Å². The minimum atomic E-state index is -0.751. The van der Waals surface area contributed by atoms with Gasteiger partial charge >= 0.3 is 5.97 Å². The van der Waals surface area contributed by atoms with Crippen molar-refractivity contribution in [3.8, 4) is 0 Å². The summed E-state index contributed by atoms with van der Waals surface area (Å²) in [6.07, 6.45) is 1.24. The highest BCUT2D eigenvalue weighted by molar-refractivity contribution is 5.71. The van der Waals surface area contributed by atoms with Gasteiger partial charge in [-0.3, -0.25) is 4.79 Å². The van der Waals surface area contributed by atoms with Gasteiger partial charge in [-0.15, -0.1) is 0 Å². The van der Waals surface area contributed by atoms with Crippen molar-refractivity contribution >= 4 is 5.97 Å². The molecular weight excluding hydrogens is 228 g/mol. The largest absolute Gasteiger partial charge is 0.481 e. The topological polar surface area (TPSA) is 46.5 Å². The Morgan fingerprint density at radius 2 is 1.89 bits per heavy atom. The van der Waals surface area contributed by atoms with Crippen LogP contribution in [-0.4, -0.2) is 17.7 Å².